The van der Waals surface area contributed by atoms with Crippen LogP contribution in [0.2, 0.25) is 0 Å². The van der Waals surface area contributed by atoms with Gasteiger partial charge in [-0.1, -0.05) is 0 Å². The largest absolute Gasteiger partial charge is 0.453 e. The summed E-state index contributed by atoms with van der Waals surface area (Å²) in [7, 11) is 1.35. The van der Waals surface area contributed by atoms with Crippen LogP contribution in [0.4, 0.5) is 10.6 Å². The van der Waals surface area contributed by atoms with E-state index in [2.05, 4.69) is 31.0 Å². The molecule has 1 aliphatic heterocycles. The quantitative estimate of drug-likeness (QED) is 0.895. The van der Waals surface area contributed by atoms with Crippen molar-refractivity contribution in [2.45, 2.75) is 12.8 Å². The number of pyridine rings is 1. The minimum absolute atomic E-state index is 0.117. The number of nitrogens with zero attached hydrogens (tertiary/aromatic N) is 2. The van der Waals surface area contributed by atoms with E-state index >= 15 is 0 Å². The molecule has 1 N–H and O–H groups in total. The third-order valence-corrected chi connectivity index (χ3v) is 3.67. The van der Waals surface area contributed by atoms with Crippen molar-refractivity contribution in [2.24, 2.45) is 5.92 Å². The Balaban J connectivity index is 1.95. The first kappa shape index (κ1) is 14.8. The number of ether oxygens (including phenoxy) is 1. The van der Waals surface area contributed by atoms with Gasteiger partial charge in [0, 0.05) is 23.8 Å². The molecule has 108 valence electrons. The molecule has 1 aliphatic rings. The third-order valence-electron chi connectivity index (χ3n) is 3.20. The van der Waals surface area contributed by atoms with Crippen molar-refractivity contribution < 1.29 is 14.3 Å². The second-order valence-corrected chi connectivity index (χ2v) is 5.52. The second kappa shape index (κ2) is 6.69. The van der Waals surface area contributed by atoms with Crippen LogP contribution in [-0.4, -0.2) is 42.1 Å². The fourth-order valence-electron chi connectivity index (χ4n) is 2.16. The maximum atomic E-state index is 12.2. The Bertz CT molecular complexity index is 492. The van der Waals surface area contributed by atoms with E-state index in [-0.39, 0.29) is 17.9 Å². The Morgan fingerprint density at radius 2 is 2.30 bits per heavy atom. The highest BCUT2D eigenvalue weighted by molar-refractivity contribution is 9.10. The van der Waals surface area contributed by atoms with E-state index in [4.69, 9.17) is 0 Å². The van der Waals surface area contributed by atoms with Crippen LogP contribution in [0.15, 0.2) is 22.8 Å². The number of carbonyl (C=O) groups excluding carboxylic acids is 2. The van der Waals surface area contributed by atoms with Crippen LogP contribution in [0.5, 0.6) is 0 Å². The van der Waals surface area contributed by atoms with Crippen LogP contribution in [0.25, 0.3) is 0 Å². The lowest BCUT2D eigenvalue weighted by Crippen LogP contribution is -2.43. The summed E-state index contributed by atoms with van der Waals surface area (Å²) in [4.78, 5) is 29.3. The first-order chi connectivity index (χ1) is 9.60. The number of likely N-dealkylation sites (tertiary alicyclic amines) is 1. The molecule has 1 fully saturated rings. The summed E-state index contributed by atoms with van der Waals surface area (Å²) >= 11 is 3.29. The fourth-order valence-corrected chi connectivity index (χ4v) is 2.40. The Hall–Kier alpha value is -1.63. The van der Waals surface area contributed by atoms with E-state index in [1.165, 1.54) is 7.11 Å². The number of anilines is 1. The molecule has 1 saturated heterocycles. The van der Waals surface area contributed by atoms with E-state index in [9.17, 15) is 9.59 Å². The molecule has 0 radical (unpaired) electrons. The summed E-state index contributed by atoms with van der Waals surface area (Å²) in [6.07, 6.45) is 2.79. The summed E-state index contributed by atoms with van der Waals surface area (Å²) in [6, 6.07) is 3.53. The average Bonchev–Trinajstić information content (AvgIpc) is 2.49. The molecule has 0 bridgehead atoms. The van der Waals surface area contributed by atoms with Gasteiger partial charge in [-0.15, -0.1) is 0 Å². The predicted octanol–water partition coefficient (Wildman–Crippen LogP) is 2.26. The van der Waals surface area contributed by atoms with Crippen molar-refractivity contribution in [2.75, 3.05) is 25.5 Å². The number of halogens is 1. The Morgan fingerprint density at radius 3 is 2.95 bits per heavy atom. The van der Waals surface area contributed by atoms with Gasteiger partial charge >= 0.3 is 6.09 Å². The highest BCUT2D eigenvalue weighted by Gasteiger charge is 2.28. The van der Waals surface area contributed by atoms with Gasteiger partial charge in [-0.3, -0.25) is 4.79 Å². The van der Waals surface area contributed by atoms with Gasteiger partial charge in [0.2, 0.25) is 5.91 Å². The van der Waals surface area contributed by atoms with Gasteiger partial charge in [0.25, 0.3) is 0 Å². The highest BCUT2D eigenvalue weighted by atomic mass is 79.9. The first-order valence-electron chi connectivity index (χ1n) is 6.35. The Kier molecular flexibility index (Phi) is 4.94. The van der Waals surface area contributed by atoms with Crippen molar-refractivity contribution >= 4 is 33.7 Å². The number of piperidine rings is 1. The maximum absolute atomic E-state index is 12.2. The number of hydrogen-bond acceptors (Lipinski definition) is 4. The zero-order valence-corrected chi connectivity index (χ0v) is 12.7. The van der Waals surface area contributed by atoms with E-state index in [0.717, 1.165) is 17.3 Å². The number of aromatic nitrogens is 1. The molecule has 2 amide bonds. The zero-order chi connectivity index (χ0) is 14.5. The Morgan fingerprint density at radius 1 is 1.50 bits per heavy atom. The molecule has 0 spiro atoms. The highest BCUT2D eigenvalue weighted by Crippen LogP contribution is 2.19. The van der Waals surface area contributed by atoms with Gasteiger partial charge in [0.05, 0.1) is 13.0 Å². The number of amides is 2. The van der Waals surface area contributed by atoms with Crippen LogP contribution in [-0.2, 0) is 9.53 Å². The molecule has 0 aromatic carbocycles. The first-order valence-corrected chi connectivity index (χ1v) is 7.14. The minimum atomic E-state index is -0.385. The second-order valence-electron chi connectivity index (χ2n) is 4.61. The lowest BCUT2D eigenvalue weighted by Gasteiger charge is -2.30. The summed E-state index contributed by atoms with van der Waals surface area (Å²) in [5.74, 6) is 0.162. The predicted molar refractivity (Wildman–Crippen MR) is 77.3 cm³/mol. The Labute approximate surface area is 125 Å². The molecule has 1 unspecified atom stereocenters. The summed E-state index contributed by atoms with van der Waals surface area (Å²) in [6.45, 7) is 1.02. The minimum Gasteiger partial charge on any atom is -0.453 e. The number of carbonyl (C=O) groups is 2. The maximum Gasteiger partial charge on any atom is 0.409 e. The van der Waals surface area contributed by atoms with Gasteiger partial charge in [-0.05, 0) is 40.9 Å². The van der Waals surface area contributed by atoms with Crippen molar-refractivity contribution in [3.63, 3.8) is 0 Å². The molecule has 1 aromatic rings. The van der Waals surface area contributed by atoms with Crippen molar-refractivity contribution in [3.05, 3.63) is 22.8 Å². The molecular weight excluding hydrogens is 326 g/mol. The van der Waals surface area contributed by atoms with Crippen molar-refractivity contribution in [1.29, 1.82) is 0 Å². The molecule has 6 nitrogen and oxygen atoms in total. The summed E-state index contributed by atoms with van der Waals surface area (Å²) in [5.41, 5.74) is 0. The van der Waals surface area contributed by atoms with E-state index < -0.39 is 0 Å². The number of rotatable bonds is 2. The number of nitrogens with one attached hydrogen (secondary N) is 1. The smallest absolute Gasteiger partial charge is 0.409 e. The molecule has 2 rings (SSSR count). The van der Waals surface area contributed by atoms with Gasteiger partial charge in [-0.2, -0.15) is 0 Å². The molecule has 1 aromatic heterocycles. The number of hydrogen-bond donors (Lipinski definition) is 1. The fraction of sp³-hybridized carbons (Fsp3) is 0.462. The van der Waals surface area contributed by atoms with Gasteiger partial charge < -0.3 is 15.0 Å². The van der Waals surface area contributed by atoms with Gasteiger partial charge in [-0.25, -0.2) is 9.78 Å². The monoisotopic (exact) mass is 341 g/mol. The van der Waals surface area contributed by atoms with E-state index in [1.54, 1.807) is 17.2 Å². The standard InChI is InChI=1S/C13H16BrN3O3/c1-20-13(19)17-6-2-3-9(8-17)12(18)16-11-5-4-10(14)7-15-11/h4-5,7,9H,2-3,6,8H2,1H3,(H,15,16,18). The molecule has 0 aliphatic carbocycles. The average molecular weight is 342 g/mol. The van der Waals surface area contributed by atoms with Crippen LogP contribution >= 0.6 is 15.9 Å². The van der Waals surface area contributed by atoms with Gasteiger partial charge in [0.1, 0.15) is 5.82 Å². The van der Waals surface area contributed by atoms with Crippen molar-refractivity contribution in [3.8, 4) is 0 Å². The molecule has 7 heteroatoms. The molecule has 2 heterocycles. The molecule has 20 heavy (non-hydrogen) atoms. The normalized spacial score (nSPS) is 18.5. The topological polar surface area (TPSA) is 71.5 Å². The van der Waals surface area contributed by atoms with E-state index in [1.807, 2.05) is 6.07 Å². The third kappa shape index (κ3) is 3.69. The van der Waals surface area contributed by atoms with Gasteiger partial charge in [0.15, 0.2) is 0 Å². The summed E-state index contributed by atoms with van der Waals surface area (Å²) in [5, 5.41) is 2.77. The lowest BCUT2D eigenvalue weighted by atomic mass is 9.97. The lowest BCUT2D eigenvalue weighted by molar-refractivity contribution is -0.121. The van der Waals surface area contributed by atoms with Crippen LogP contribution in [0.1, 0.15) is 12.8 Å². The molecule has 1 atom stereocenters. The molecule has 0 saturated carbocycles. The van der Waals surface area contributed by atoms with Crippen LogP contribution < -0.4 is 5.32 Å². The van der Waals surface area contributed by atoms with Crippen molar-refractivity contribution in [1.82, 2.24) is 9.88 Å². The van der Waals surface area contributed by atoms with Crippen LogP contribution in [0.3, 0.4) is 0 Å². The zero-order valence-electron chi connectivity index (χ0n) is 11.1. The van der Waals surface area contributed by atoms with Crippen LogP contribution in [0, 0.1) is 5.92 Å². The summed E-state index contributed by atoms with van der Waals surface area (Å²) < 4.78 is 5.54. The SMILES string of the molecule is COC(=O)N1CCCC(C(=O)Nc2ccc(Br)cn2)C1. The number of methoxy groups -OCH3 is 1. The molecular formula is C13H16BrN3O3. The van der Waals surface area contributed by atoms with E-state index in [0.29, 0.717) is 18.9 Å².